The van der Waals surface area contributed by atoms with Crippen LogP contribution in [0.3, 0.4) is 0 Å². The quantitative estimate of drug-likeness (QED) is 0.872. The van der Waals surface area contributed by atoms with Gasteiger partial charge in [-0.1, -0.05) is 31.0 Å². The van der Waals surface area contributed by atoms with Gasteiger partial charge >= 0.3 is 0 Å². The summed E-state index contributed by atoms with van der Waals surface area (Å²) in [6.45, 7) is 3.07. The van der Waals surface area contributed by atoms with Crippen molar-refractivity contribution in [2.24, 2.45) is 5.92 Å². The molecule has 0 amide bonds. The molecular formula is C16H20ClNO. The van der Waals surface area contributed by atoms with E-state index >= 15 is 0 Å². The van der Waals surface area contributed by atoms with Gasteiger partial charge in [0, 0.05) is 23.5 Å². The van der Waals surface area contributed by atoms with E-state index in [2.05, 4.69) is 18.3 Å². The van der Waals surface area contributed by atoms with E-state index in [1.165, 1.54) is 25.7 Å². The maximum Gasteiger partial charge on any atom is 0.199 e. The fraction of sp³-hybridized carbons (Fsp3) is 0.500. The molecule has 0 saturated heterocycles. The standard InChI is InChI=1S/C16H20ClNO/c1-11(12-6-2-3-7-12)18-10-14-13-8-4-5-9-15(13)19-16(14)17/h4-5,8-9,11-12,18H,2-3,6-7,10H2,1H3/t11-/m1/s1. The van der Waals surface area contributed by atoms with Crippen molar-refractivity contribution in [1.82, 2.24) is 5.32 Å². The Hall–Kier alpha value is -0.990. The third-order valence-electron chi connectivity index (χ3n) is 4.36. The number of fused-ring (bicyclic) bond motifs is 1. The summed E-state index contributed by atoms with van der Waals surface area (Å²) in [7, 11) is 0. The average molecular weight is 278 g/mol. The van der Waals surface area contributed by atoms with Crippen molar-refractivity contribution in [2.45, 2.75) is 45.2 Å². The molecule has 1 aromatic heterocycles. The van der Waals surface area contributed by atoms with E-state index < -0.39 is 0 Å². The van der Waals surface area contributed by atoms with Gasteiger partial charge in [-0.3, -0.25) is 0 Å². The van der Waals surface area contributed by atoms with E-state index in [1.54, 1.807) is 0 Å². The fourth-order valence-electron chi connectivity index (χ4n) is 3.12. The summed E-state index contributed by atoms with van der Waals surface area (Å²) < 4.78 is 5.58. The highest BCUT2D eigenvalue weighted by molar-refractivity contribution is 6.30. The van der Waals surface area contributed by atoms with Gasteiger partial charge in [-0.05, 0) is 43.4 Å². The zero-order valence-electron chi connectivity index (χ0n) is 11.3. The lowest BCUT2D eigenvalue weighted by Gasteiger charge is -2.20. The van der Waals surface area contributed by atoms with Crippen molar-refractivity contribution in [2.75, 3.05) is 0 Å². The third-order valence-corrected chi connectivity index (χ3v) is 4.66. The topological polar surface area (TPSA) is 25.2 Å². The first-order valence-corrected chi connectivity index (χ1v) is 7.53. The second kappa shape index (κ2) is 5.56. The van der Waals surface area contributed by atoms with Crippen molar-refractivity contribution in [1.29, 1.82) is 0 Å². The van der Waals surface area contributed by atoms with Gasteiger partial charge in [-0.25, -0.2) is 0 Å². The van der Waals surface area contributed by atoms with Crippen LogP contribution in [0, 0.1) is 5.92 Å². The lowest BCUT2D eigenvalue weighted by molar-refractivity contribution is 0.380. The van der Waals surface area contributed by atoms with Gasteiger partial charge in [0.05, 0.1) is 0 Å². The zero-order valence-corrected chi connectivity index (χ0v) is 12.0. The van der Waals surface area contributed by atoms with Crippen molar-refractivity contribution in [3.63, 3.8) is 0 Å². The minimum atomic E-state index is 0.521. The normalized spacial score (nSPS) is 18.2. The largest absolute Gasteiger partial charge is 0.444 e. The number of hydrogen-bond donors (Lipinski definition) is 1. The summed E-state index contributed by atoms with van der Waals surface area (Å²) in [6, 6.07) is 8.58. The Labute approximate surface area is 119 Å². The molecule has 1 aromatic carbocycles. The first kappa shape index (κ1) is 13.0. The SMILES string of the molecule is C[C@@H](NCc1c(Cl)oc2ccccc12)C1CCCC1. The Morgan fingerprint density at radius 1 is 1.32 bits per heavy atom. The number of furan rings is 1. The van der Waals surface area contributed by atoms with E-state index in [0.717, 1.165) is 29.0 Å². The average Bonchev–Trinajstić information content (AvgIpc) is 3.03. The van der Waals surface area contributed by atoms with E-state index in [-0.39, 0.29) is 0 Å². The molecule has 1 N–H and O–H groups in total. The molecule has 2 aromatic rings. The van der Waals surface area contributed by atoms with Crippen LogP contribution in [-0.4, -0.2) is 6.04 Å². The Kier molecular flexibility index (Phi) is 3.81. The molecule has 0 radical (unpaired) electrons. The van der Waals surface area contributed by atoms with Crippen LogP contribution < -0.4 is 5.32 Å². The van der Waals surface area contributed by atoms with Gasteiger partial charge in [-0.15, -0.1) is 0 Å². The van der Waals surface area contributed by atoms with Gasteiger partial charge in [0.15, 0.2) is 5.22 Å². The lowest BCUT2D eigenvalue weighted by atomic mass is 9.99. The van der Waals surface area contributed by atoms with Crippen molar-refractivity contribution < 1.29 is 4.42 Å². The summed E-state index contributed by atoms with van der Waals surface area (Å²) >= 11 is 6.20. The second-order valence-electron chi connectivity index (χ2n) is 5.56. The monoisotopic (exact) mass is 277 g/mol. The number of para-hydroxylation sites is 1. The summed E-state index contributed by atoms with van der Waals surface area (Å²) in [5, 5.41) is 5.26. The molecule has 1 atom stereocenters. The predicted molar refractivity (Wildman–Crippen MR) is 79.5 cm³/mol. The van der Waals surface area contributed by atoms with Crippen LogP contribution in [0.15, 0.2) is 28.7 Å². The Balaban J connectivity index is 1.72. The number of benzene rings is 1. The fourth-order valence-corrected chi connectivity index (χ4v) is 3.37. The zero-order chi connectivity index (χ0) is 13.2. The van der Waals surface area contributed by atoms with Gasteiger partial charge in [0.1, 0.15) is 5.58 Å². The summed E-state index contributed by atoms with van der Waals surface area (Å²) in [5.74, 6) is 0.817. The highest BCUT2D eigenvalue weighted by Gasteiger charge is 2.22. The number of nitrogens with one attached hydrogen (secondary N) is 1. The smallest absolute Gasteiger partial charge is 0.199 e. The molecule has 2 nitrogen and oxygen atoms in total. The van der Waals surface area contributed by atoms with Gasteiger partial charge in [0.25, 0.3) is 0 Å². The molecular weight excluding hydrogens is 258 g/mol. The lowest BCUT2D eigenvalue weighted by Crippen LogP contribution is -2.31. The third kappa shape index (κ3) is 2.65. The molecule has 0 spiro atoms. The summed E-state index contributed by atoms with van der Waals surface area (Å²) in [5.41, 5.74) is 1.96. The van der Waals surface area contributed by atoms with E-state index in [1.807, 2.05) is 18.2 Å². The minimum Gasteiger partial charge on any atom is -0.444 e. The van der Waals surface area contributed by atoms with Crippen LogP contribution in [0.5, 0.6) is 0 Å². The van der Waals surface area contributed by atoms with E-state index in [0.29, 0.717) is 11.3 Å². The van der Waals surface area contributed by atoms with Gasteiger partial charge in [-0.2, -0.15) is 0 Å². The van der Waals surface area contributed by atoms with Crippen molar-refractivity contribution in [3.05, 3.63) is 35.0 Å². The minimum absolute atomic E-state index is 0.521. The highest BCUT2D eigenvalue weighted by atomic mass is 35.5. The molecule has 102 valence electrons. The van der Waals surface area contributed by atoms with Gasteiger partial charge in [0.2, 0.25) is 0 Å². The molecule has 1 aliphatic carbocycles. The van der Waals surface area contributed by atoms with E-state index in [4.69, 9.17) is 16.0 Å². The van der Waals surface area contributed by atoms with Crippen LogP contribution in [0.4, 0.5) is 0 Å². The number of rotatable bonds is 4. The Bertz CT molecular complexity index is 557. The molecule has 3 rings (SSSR count). The van der Waals surface area contributed by atoms with Crippen LogP contribution in [0.25, 0.3) is 11.0 Å². The predicted octanol–water partition coefficient (Wildman–Crippen LogP) is 4.75. The molecule has 1 aliphatic rings. The Morgan fingerprint density at radius 3 is 2.84 bits per heavy atom. The number of halogens is 1. The molecule has 1 saturated carbocycles. The molecule has 19 heavy (non-hydrogen) atoms. The first-order chi connectivity index (χ1) is 9.25. The van der Waals surface area contributed by atoms with Crippen LogP contribution >= 0.6 is 11.6 Å². The second-order valence-corrected chi connectivity index (χ2v) is 5.91. The maximum absolute atomic E-state index is 6.20. The molecule has 3 heteroatoms. The summed E-state index contributed by atoms with van der Waals surface area (Å²) in [4.78, 5) is 0. The molecule has 0 unspecified atom stereocenters. The van der Waals surface area contributed by atoms with Gasteiger partial charge < -0.3 is 9.73 Å². The first-order valence-electron chi connectivity index (χ1n) is 7.15. The molecule has 0 aliphatic heterocycles. The summed E-state index contributed by atoms with van der Waals surface area (Å²) in [6.07, 6.45) is 5.47. The van der Waals surface area contributed by atoms with Crippen molar-refractivity contribution in [3.8, 4) is 0 Å². The molecule has 0 bridgehead atoms. The molecule has 1 heterocycles. The van der Waals surface area contributed by atoms with Crippen LogP contribution in [0.2, 0.25) is 5.22 Å². The number of hydrogen-bond acceptors (Lipinski definition) is 2. The van der Waals surface area contributed by atoms with Crippen LogP contribution in [-0.2, 0) is 6.54 Å². The Morgan fingerprint density at radius 2 is 2.05 bits per heavy atom. The van der Waals surface area contributed by atoms with Crippen molar-refractivity contribution >= 4 is 22.6 Å². The van der Waals surface area contributed by atoms with Crippen LogP contribution in [0.1, 0.15) is 38.2 Å². The van der Waals surface area contributed by atoms with E-state index in [9.17, 15) is 0 Å². The maximum atomic E-state index is 6.20. The highest BCUT2D eigenvalue weighted by Crippen LogP contribution is 2.31. The molecule has 1 fully saturated rings.